The number of benzene rings is 1. The van der Waals surface area contributed by atoms with E-state index in [4.69, 9.17) is 4.74 Å². The van der Waals surface area contributed by atoms with Crippen molar-refractivity contribution in [3.05, 3.63) is 29.8 Å². The number of carbonyl (C=O) groups excluding carboxylic acids is 3. The van der Waals surface area contributed by atoms with Gasteiger partial charge in [0.25, 0.3) is 0 Å². The molecule has 1 aromatic rings. The Morgan fingerprint density at radius 2 is 1.88 bits per heavy atom. The molecule has 0 aromatic heterocycles. The van der Waals surface area contributed by atoms with E-state index in [9.17, 15) is 14.4 Å². The lowest BCUT2D eigenvalue weighted by molar-refractivity contribution is -0.129. The van der Waals surface area contributed by atoms with E-state index in [2.05, 4.69) is 10.6 Å². The molecule has 1 heterocycles. The highest BCUT2D eigenvalue weighted by atomic mass is 16.5. The van der Waals surface area contributed by atoms with Gasteiger partial charge in [-0.05, 0) is 17.7 Å². The molecule has 130 valence electrons. The lowest BCUT2D eigenvalue weighted by atomic mass is 10.1. The average Bonchev–Trinajstić information content (AvgIpc) is 2.93. The van der Waals surface area contributed by atoms with Crippen molar-refractivity contribution in [1.82, 2.24) is 15.5 Å². The van der Waals surface area contributed by atoms with E-state index in [1.807, 2.05) is 24.3 Å². The summed E-state index contributed by atoms with van der Waals surface area (Å²) >= 11 is 0. The van der Waals surface area contributed by atoms with Crippen molar-refractivity contribution in [2.45, 2.75) is 19.9 Å². The van der Waals surface area contributed by atoms with Crippen LogP contribution in [-0.2, 0) is 20.9 Å². The van der Waals surface area contributed by atoms with Crippen LogP contribution in [0.2, 0.25) is 0 Å². The van der Waals surface area contributed by atoms with Gasteiger partial charge >= 0.3 is 0 Å². The summed E-state index contributed by atoms with van der Waals surface area (Å²) < 4.78 is 5.11. The largest absolute Gasteiger partial charge is 0.497 e. The summed E-state index contributed by atoms with van der Waals surface area (Å²) in [7, 11) is 1.61. The maximum Gasteiger partial charge on any atom is 0.225 e. The molecule has 3 amide bonds. The van der Waals surface area contributed by atoms with Crippen LogP contribution in [0.5, 0.6) is 5.75 Å². The number of carbonyl (C=O) groups is 3. The maximum absolute atomic E-state index is 12.1. The number of nitrogens with one attached hydrogen (secondary N) is 2. The van der Waals surface area contributed by atoms with Crippen LogP contribution in [0, 0.1) is 5.92 Å². The maximum atomic E-state index is 12.1. The average molecular weight is 333 g/mol. The Labute approximate surface area is 141 Å². The third-order valence-corrected chi connectivity index (χ3v) is 3.92. The quantitative estimate of drug-likeness (QED) is 0.703. The van der Waals surface area contributed by atoms with Crippen LogP contribution in [-0.4, -0.2) is 49.4 Å². The fourth-order valence-corrected chi connectivity index (χ4v) is 2.62. The van der Waals surface area contributed by atoms with Gasteiger partial charge in [-0.15, -0.1) is 0 Å². The van der Waals surface area contributed by atoms with Gasteiger partial charge in [0, 0.05) is 39.5 Å². The Hall–Kier alpha value is -2.57. The second-order valence-corrected chi connectivity index (χ2v) is 5.80. The highest BCUT2D eigenvalue weighted by Gasteiger charge is 2.33. The summed E-state index contributed by atoms with van der Waals surface area (Å²) in [6, 6.07) is 7.52. The Balaban J connectivity index is 1.81. The predicted octanol–water partition coefficient (Wildman–Crippen LogP) is 0.296. The molecule has 0 spiro atoms. The van der Waals surface area contributed by atoms with Gasteiger partial charge in [-0.1, -0.05) is 12.1 Å². The molecular formula is C17H23N3O4. The molecule has 24 heavy (non-hydrogen) atoms. The Bertz CT molecular complexity index is 600. The van der Waals surface area contributed by atoms with Gasteiger partial charge < -0.3 is 20.3 Å². The van der Waals surface area contributed by atoms with Crippen LogP contribution in [0.25, 0.3) is 0 Å². The van der Waals surface area contributed by atoms with E-state index in [1.165, 1.54) is 6.92 Å². The van der Waals surface area contributed by atoms with Gasteiger partial charge in [-0.25, -0.2) is 0 Å². The van der Waals surface area contributed by atoms with Gasteiger partial charge in [0.15, 0.2) is 0 Å². The SMILES string of the molecule is COc1ccc(CN2C[C@H](C(=O)NCCNC(C)=O)CC2=O)cc1. The topological polar surface area (TPSA) is 87.7 Å². The molecule has 7 heteroatoms. The lowest BCUT2D eigenvalue weighted by Gasteiger charge is -2.17. The molecule has 2 N–H and O–H groups in total. The van der Waals surface area contributed by atoms with Gasteiger partial charge in [0.2, 0.25) is 17.7 Å². The minimum atomic E-state index is -0.340. The molecule has 0 unspecified atom stereocenters. The summed E-state index contributed by atoms with van der Waals surface area (Å²) in [6.45, 7) is 3.07. The summed E-state index contributed by atoms with van der Waals surface area (Å²) in [5.74, 6) is 0.126. The molecule has 1 atom stereocenters. The fraction of sp³-hybridized carbons (Fsp3) is 0.471. The van der Waals surface area contributed by atoms with E-state index in [0.717, 1.165) is 11.3 Å². The second kappa shape index (κ2) is 8.33. The van der Waals surface area contributed by atoms with Crippen molar-refractivity contribution in [2.75, 3.05) is 26.7 Å². The first kappa shape index (κ1) is 17.8. The van der Waals surface area contributed by atoms with Crippen LogP contribution in [0.15, 0.2) is 24.3 Å². The normalized spacial score (nSPS) is 16.8. The minimum Gasteiger partial charge on any atom is -0.497 e. The van der Waals surface area contributed by atoms with Crippen LogP contribution in [0.1, 0.15) is 18.9 Å². The molecule has 1 saturated heterocycles. The van der Waals surface area contributed by atoms with Crippen molar-refractivity contribution < 1.29 is 19.1 Å². The summed E-state index contributed by atoms with van der Waals surface area (Å²) in [5, 5.41) is 5.36. The molecule has 1 aromatic carbocycles. The highest BCUT2D eigenvalue weighted by Crippen LogP contribution is 2.21. The van der Waals surface area contributed by atoms with Crippen LogP contribution < -0.4 is 15.4 Å². The monoisotopic (exact) mass is 333 g/mol. The van der Waals surface area contributed by atoms with Crippen molar-refractivity contribution in [1.29, 1.82) is 0 Å². The summed E-state index contributed by atoms with van der Waals surface area (Å²) in [6.07, 6.45) is 0.224. The van der Waals surface area contributed by atoms with Crippen molar-refractivity contribution >= 4 is 17.7 Å². The Morgan fingerprint density at radius 1 is 1.21 bits per heavy atom. The van der Waals surface area contributed by atoms with Crippen molar-refractivity contribution in [3.8, 4) is 5.75 Å². The first-order valence-corrected chi connectivity index (χ1v) is 7.92. The Morgan fingerprint density at radius 3 is 2.50 bits per heavy atom. The van der Waals surface area contributed by atoms with E-state index >= 15 is 0 Å². The number of nitrogens with zero attached hydrogens (tertiary/aromatic N) is 1. The molecule has 1 aliphatic heterocycles. The zero-order valence-corrected chi connectivity index (χ0v) is 14.0. The molecule has 0 aliphatic carbocycles. The molecular weight excluding hydrogens is 310 g/mol. The summed E-state index contributed by atoms with van der Waals surface area (Å²) in [5.41, 5.74) is 0.996. The van der Waals surface area contributed by atoms with E-state index in [-0.39, 0.29) is 30.1 Å². The number of rotatable bonds is 7. The van der Waals surface area contributed by atoms with Crippen molar-refractivity contribution in [3.63, 3.8) is 0 Å². The van der Waals surface area contributed by atoms with Gasteiger partial charge in [-0.3, -0.25) is 14.4 Å². The zero-order valence-electron chi connectivity index (χ0n) is 14.0. The fourth-order valence-electron chi connectivity index (χ4n) is 2.62. The minimum absolute atomic E-state index is 0.0205. The van der Waals surface area contributed by atoms with E-state index < -0.39 is 0 Å². The number of methoxy groups -OCH3 is 1. The smallest absolute Gasteiger partial charge is 0.225 e. The van der Waals surface area contributed by atoms with E-state index in [1.54, 1.807) is 12.0 Å². The van der Waals surface area contributed by atoms with Crippen LogP contribution in [0.3, 0.4) is 0 Å². The standard InChI is InChI=1S/C17H23N3O4/c1-12(21)18-7-8-19-17(23)14-9-16(22)20(11-14)10-13-3-5-15(24-2)6-4-13/h3-6,14H,7-11H2,1-2H3,(H,18,21)(H,19,23)/t14-/m1/s1. The molecule has 0 radical (unpaired) electrons. The first-order chi connectivity index (χ1) is 11.5. The summed E-state index contributed by atoms with van der Waals surface area (Å²) in [4.78, 5) is 36.7. The molecule has 0 saturated carbocycles. The number of likely N-dealkylation sites (tertiary alicyclic amines) is 1. The highest BCUT2D eigenvalue weighted by molar-refractivity contribution is 5.89. The second-order valence-electron chi connectivity index (χ2n) is 5.80. The Kier molecular flexibility index (Phi) is 6.17. The molecule has 2 rings (SSSR count). The van der Waals surface area contributed by atoms with Crippen molar-refractivity contribution in [2.24, 2.45) is 5.92 Å². The van der Waals surface area contributed by atoms with E-state index in [0.29, 0.717) is 26.2 Å². The van der Waals surface area contributed by atoms with Gasteiger partial charge in [0.1, 0.15) is 5.75 Å². The molecule has 0 bridgehead atoms. The predicted molar refractivity (Wildman–Crippen MR) is 88.2 cm³/mol. The van der Waals surface area contributed by atoms with Gasteiger partial charge in [0.05, 0.1) is 13.0 Å². The number of hydrogen-bond donors (Lipinski definition) is 2. The molecule has 1 aliphatic rings. The molecule has 7 nitrogen and oxygen atoms in total. The first-order valence-electron chi connectivity index (χ1n) is 7.92. The third kappa shape index (κ3) is 4.97. The van der Waals surface area contributed by atoms with Crippen LogP contribution in [0.4, 0.5) is 0 Å². The number of amides is 3. The van der Waals surface area contributed by atoms with Crippen LogP contribution >= 0.6 is 0 Å². The molecule has 1 fully saturated rings. The van der Waals surface area contributed by atoms with Gasteiger partial charge in [-0.2, -0.15) is 0 Å². The third-order valence-electron chi connectivity index (χ3n) is 3.92. The lowest BCUT2D eigenvalue weighted by Crippen LogP contribution is -2.37. The zero-order chi connectivity index (χ0) is 17.5. The number of ether oxygens (including phenoxy) is 1. The number of hydrogen-bond acceptors (Lipinski definition) is 4.